The van der Waals surface area contributed by atoms with Crippen molar-refractivity contribution in [3.8, 4) is 0 Å². The van der Waals surface area contributed by atoms with Crippen LogP contribution in [0.3, 0.4) is 0 Å². The van der Waals surface area contributed by atoms with Crippen LogP contribution in [-0.4, -0.2) is 26.9 Å². The lowest BCUT2D eigenvalue weighted by Crippen LogP contribution is -2.32. The van der Waals surface area contributed by atoms with Gasteiger partial charge < -0.3 is 11.1 Å². The van der Waals surface area contributed by atoms with E-state index in [2.05, 4.69) is 10.0 Å². The minimum Gasteiger partial charge on any atom is -0.399 e. The Morgan fingerprint density at radius 2 is 2.10 bits per heavy atom. The number of anilines is 1. The molecule has 0 aromatic heterocycles. The Morgan fingerprint density at radius 3 is 2.70 bits per heavy atom. The fourth-order valence-electron chi connectivity index (χ4n) is 1.64. The van der Waals surface area contributed by atoms with Gasteiger partial charge in [0.05, 0.1) is 0 Å². The number of carbonyl (C=O) groups is 1. The van der Waals surface area contributed by atoms with Crippen molar-refractivity contribution in [3.63, 3.8) is 0 Å². The molecule has 20 heavy (non-hydrogen) atoms. The summed E-state index contributed by atoms with van der Waals surface area (Å²) in [5.41, 5.74) is 5.50. The first kappa shape index (κ1) is 14.7. The van der Waals surface area contributed by atoms with E-state index >= 15 is 0 Å². The summed E-state index contributed by atoms with van der Waals surface area (Å²) in [6.45, 7) is -0.0787. The van der Waals surface area contributed by atoms with Gasteiger partial charge in [0.25, 0.3) is 0 Å². The van der Waals surface area contributed by atoms with Gasteiger partial charge in [-0.2, -0.15) is 0 Å². The van der Waals surface area contributed by atoms with Crippen molar-refractivity contribution in [2.75, 3.05) is 12.3 Å². The Bertz CT molecular complexity index is 614. The zero-order valence-electron chi connectivity index (χ0n) is 10.7. The molecule has 1 fully saturated rings. The van der Waals surface area contributed by atoms with Gasteiger partial charge in [-0.05, 0) is 31.0 Å². The number of rotatable bonds is 6. The number of carbonyl (C=O) groups excluding carboxylic acids is 1. The molecule has 2 rings (SSSR count). The first-order valence-electron chi connectivity index (χ1n) is 6.22. The summed E-state index contributed by atoms with van der Waals surface area (Å²) in [5.74, 6) is -1.13. The van der Waals surface area contributed by atoms with E-state index in [0.29, 0.717) is 0 Å². The summed E-state index contributed by atoms with van der Waals surface area (Å²) < 4.78 is 39.4. The van der Waals surface area contributed by atoms with Gasteiger partial charge in [-0.15, -0.1) is 0 Å². The van der Waals surface area contributed by atoms with E-state index in [-0.39, 0.29) is 30.6 Å². The number of nitrogens with two attached hydrogens (primary N) is 1. The molecule has 0 saturated heterocycles. The Balaban J connectivity index is 1.91. The Kier molecular flexibility index (Phi) is 4.24. The molecule has 0 bridgehead atoms. The maximum absolute atomic E-state index is 13.5. The molecule has 4 N–H and O–H groups in total. The first-order valence-corrected chi connectivity index (χ1v) is 7.71. The van der Waals surface area contributed by atoms with Crippen LogP contribution in [0, 0.1) is 5.82 Å². The van der Waals surface area contributed by atoms with Gasteiger partial charge in [0, 0.05) is 24.7 Å². The van der Waals surface area contributed by atoms with Crippen molar-refractivity contribution < 1.29 is 17.6 Å². The molecule has 0 atom stereocenters. The highest BCUT2D eigenvalue weighted by molar-refractivity contribution is 7.89. The molecule has 8 heteroatoms. The summed E-state index contributed by atoms with van der Waals surface area (Å²) in [6.07, 6.45) is 1.95. The Labute approximate surface area is 116 Å². The van der Waals surface area contributed by atoms with Gasteiger partial charge in [-0.25, -0.2) is 17.5 Å². The summed E-state index contributed by atoms with van der Waals surface area (Å²) in [4.78, 5) is 10.9. The highest BCUT2D eigenvalue weighted by Gasteiger charge is 2.23. The number of nitrogen functional groups attached to an aromatic ring is 1. The molecule has 1 aromatic rings. The summed E-state index contributed by atoms with van der Waals surface area (Å²) in [5, 5.41) is 2.73. The number of sulfonamides is 1. The molecule has 0 unspecified atom stereocenters. The highest BCUT2D eigenvalue weighted by atomic mass is 32.2. The van der Waals surface area contributed by atoms with Gasteiger partial charge in [-0.1, -0.05) is 0 Å². The summed E-state index contributed by atoms with van der Waals surface area (Å²) in [6, 6.07) is 3.57. The molecule has 6 nitrogen and oxygen atoms in total. The number of hydrogen-bond donors (Lipinski definition) is 3. The molecule has 1 amide bonds. The molecule has 1 aliphatic carbocycles. The van der Waals surface area contributed by atoms with Crippen LogP contribution in [0.4, 0.5) is 10.1 Å². The molecule has 110 valence electrons. The van der Waals surface area contributed by atoms with Gasteiger partial charge in [-0.3, -0.25) is 4.79 Å². The first-order chi connectivity index (χ1) is 9.38. The number of halogens is 1. The quantitative estimate of drug-likeness (QED) is 0.660. The van der Waals surface area contributed by atoms with Crippen molar-refractivity contribution in [1.82, 2.24) is 10.0 Å². The SMILES string of the molecule is Nc1ccc(S(=O)(=O)NCCC(=O)NC2CC2)c(F)c1. The van der Waals surface area contributed by atoms with Crippen LogP contribution < -0.4 is 15.8 Å². The van der Waals surface area contributed by atoms with Crippen molar-refractivity contribution in [2.45, 2.75) is 30.2 Å². The minimum absolute atomic E-state index is 0.0202. The van der Waals surface area contributed by atoms with Gasteiger partial charge >= 0.3 is 0 Å². The largest absolute Gasteiger partial charge is 0.399 e. The zero-order chi connectivity index (χ0) is 14.8. The van der Waals surface area contributed by atoms with Crippen LogP contribution in [0.5, 0.6) is 0 Å². The smallest absolute Gasteiger partial charge is 0.243 e. The number of nitrogens with one attached hydrogen (secondary N) is 2. The summed E-state index contributed by atoms with van der Waals surface area (Å²) in [7, 11) is -3.98. The van der Waals surface area contributed by atoms with Crippen molar-refractivity contribution in [1.29, 1.82) is 0 Å². The van der Waals surface area contributed by atoms with Crippen molar-refractivity contribution in [3.05, 3.63) is 24.0 Å². The van der Waals surface area contributed by atoms with E-state index in [0.717, 1.165) is 25.0 Å². The third-order valence-corrected chi connectivity index (χ3v) is 4.33. The molecule has 0 aliphatic heterocycles. The minimum atomic E-state index is -3.98. The second-order valence-corrected chi connectivity index (χ2v) is 6.41. The molecular weight excluding hydrogens is 285 g/mol. The lowest BCUT2D eigenvalue weighted by Gasteiger charge is -2.08. The van der Waals surface area contributed by atoms with Crippen LogP contribution >= 0.6 is 0 Å². The van der Waals surface area contributed by atoms with Crippen molar-refractivity contribution >= 4 is 21.6 Å². The van der Waals surface area contributed by atoms with Gasteiger partial charge in [0.1, 0.15) is 10.7 Å². The van der Waals surface area contributed by atoms with Crippen molar-refractivity contribution in [2.24, 2.45) is 0 Å². The third kappa shape index (κ3) is 3.91. The second-order valence-electron chi connectivity index (χ2n) is 4.68. The van der Waals surface area contributed by atoms with Gasteiger partial charge in [0.2, 0.25) is 15.9 Å². The average molecular weight is 301 g/mol. The zero-order valence-corrected chi connectivity index (χ0v) is 11.5. The molecule has 1 aliphatic rings. The standard InChI is InChI=1S/C12H16FN3O3S/c13-10-7-8(14)1-4-11(10)20(18,19)15-6-5-12(17)16-9-2-3-9/h1,4,7,9,15H,2-3,5-6,14H2,(H,16,17). The molecule has 0 spiro atoms. The van der Waals surface area contributed by atoms with E-state index in [9.17, 15) is 17.6 Å². The number of benzene rings is 1. The van der Waals surface area contributed by atoms with Crippen LogP contribution in [0.15, 0.2) is 23.1 Å². The average Bonchev–Trinajstić information content (AvgIpc) is 3.11. The second kappa shape index (κ2) is 5.76. The monoisotopic (exact) mass is 301 g/mol. The molecule has 0 heterocycles. The molecule has 0 radical (unpaired) electrons. The number of amides is 1. The molecule has 1 saturated carbocycles. The van der Waals surface area contributed by atoms with E-state index in [4.69, 9.17) is 5.73 Å². The lowest BCUT2D eigenvalue weighted by molar-refractivity contribution is -0.121. The third-order valence-electron chi connectivity index (χ3n) is 2.83. The fourth-order valence-corrected chi connectivity index (χ4v) is 2.73. The fraction of sp³-hybridized carbons (Fsp3) is 0.417. The van der Waals surface area contributed by atoms with Crippen LogP contribution in [0.1, 0.15) is 19.3 Å². The Hall–Kier alpha value is -1.67. The van der Waals surface area contributed by atoms with E-state index in [1.807, 2.05) is 0 Å². The van der Waals surface area contributed by atoms with E-state index in [1.54, 1.807) is 0 Å². The van der Waals surface area contributed by atoms with E-state index < -0.39 is 20.7 Å². The van der Waals surface area contributed by atoms with Crippen LogP contribution in [0.25, 0.3) is 0 Å². The topological polar surface area (TPSA) is 101 Å². The lowest BCUT2D eigenvalue weighted by atomic mass is 10.3. The molecular formula is C12H16FN3O3S. The summed E-state index contributed by atoms with van der Waals surface area (Å²) >= 11 is 0. The normalized spacial score (nSPS) is 15.1. The van der Waals surface area contributed by atoms with E-state index in [1.165, 1.54) is 6.07 Å². The highest BCUT2D eigenvalue weighted by Crippen LogP contribution is 2.19. The maximum Gasteiger partial charge on any atom is 0.243 e. The predicted octanol–water partition coefficient (Wildman–Crippen LogP) is 0.355. The van der Waals surface area contributed by atoms with Crippen LogP contribution in [0.2, 0.25) is 0 Å². The van der Waals surface area contributed by atoms with Gasteiger partial charge in [0.15, 0.2) is 0 Å². The number of hydrogen-bond acceptors (Lipinski definition) is 4. The predicted molar refractivity (Wildman–Crippen MR) is 71.8 cm³/mol. The Morgan fingerprint density at radius 1 is 1.40 bits per heavy atom. The molecule has 1 aromatic carbocycles. The van der Waals surface area contributed by atoms with Crippen LogP contribution in [-0.2, 0) is 14.8 Å². The maximum atomic E-state index is 13.5.